The van der Waals surface area contributed by atoms with Crippen LogP contribution in [-0.2, 0) is 9.53 Å². The predicted molar refractivity (Wildman–Crippen MR) is 117 cm³/mol. The number of furan rings is 1. The number of methoxy groups -OCH3 is 1. The van der Waals surface area contributed by atoms with Gasteiger partial charge in [-0.3, -0.25) is 4.79 Å². The van der Waals surface area contributed by atoms with Crippen LogP contribution >= 0.6 is 15.9 Å². The zero-order valence-corrected chi connectivity index (χ0v) is 17.8. The lowest BCUT2D eigenvalue weighted by atomic mass is 10.0. The largest absolute Gasteiger partial charge is 0.465 e. The van der Waals surface area contributed by atoms with Gasteiger partial charge in [-0.25, -0.2) is 4.79 Å². The van der Waals surface area contributed by atoms with Gasteiger partial charge in [0.1, 0.15) is 23.2 Å². The van der Waals surface area contributed by atoms with Crippen molar-refractivity contribution in [1.29, 1.82) is 5.26 Å². The molecule has 0 unspecified atom stereocenters. The number of amides is 1. The fraction of sp³-hybridized carbons (Fsp3) is 0.0870. The number of carbonyl (C=O) groups excluding carboxylic acids is 2. The highest BCUT2D eigenvalue weighted by Crippen LogP contribution is 2.28. The Bertz CT molecular complexity index is 1170. The minimum Gasteiger partial charge on any atom is -0.465 e. The minimum absolute atomic E-state index is 0.0983. The van der Waals surface area contributed by atoms with Crippen molar-refractivity contribution in [2.75, 3.05) is 12.4 Å². The van der Waals surface area contributed by atoms with Gasteiger partial charge in [0.15, 0.2) is 0 Å². The molecule has 0 bridgehead atoms. The van der Waals surface area contributed by atoms with Crippen molar-refractivity contribution in [3.63, 3.8) is 0 Å². The zero-order chi connectivity index (χ0) is 21.7. The Morgan fingerprint density at radius 3 is 2.53 bits per heavy atom. The highest BCUT2D eigenvalue weighted by atomic mass is 79.9. The van der Waals surface area contributed by atoms with Gasteiger partial charge in [-0.05, 0) is 61.0 Å². The van der Waals surface area contributed by atoms with E-state index in [9.17, 15) is 14.9 Å². The molecule has 0 aliphatic carbocycles. The van der Waals surface area contributed by atoms with Crippen molar-refractivity contribution < 1.29 is 18.7 Å². The summed E-state index contributed by atoms with van der Waals surface area (Å²) in [7, 11) is 1.32. The van der Waals surface area contributed by atoms with Gasteiger partial charge in [0.05, 0.1) is 12.7 Å². The van der Waals surface area contributed by atoms with Gasteiger partial charge in [0.2, 0.25) is 0 Å². The Kier molecular flexibility index (Phi) is 6.50. The van der Waals surface area contributed by atoms with E-state index in [1.807, 2.05) is 13.0 Å². The third-order valence-corrected chi connectivity index (χ3v) is 4.83. The second-order valence-electron chi connectivity index (χ2n) is 6.35. The molecule has 0 aliphatic rings. The quantitative estimate of drug-likeness (QED) is 0.312. The van der Waals surface area contributed by atoms with Crippen molar-refractivity contribution in [3.8, 4) is 17.4 Å². The van der Waals surface area contributed by atoms with Gasteiger partial charge in [-0.15, -0.1) is 0 Å². The number of aryl methyl sites for hydroxylation is 1. The number of nitrogens with zero attached hydrogens (tertiary/aromatic N) is 1. The zero-order valence-electron chi connectivity index (χ0n) is 16.2. The topological polar surface area (TPSA) is 92.3 Å². The molecule has 0 spiro atoms. The van der Waals surface area contributed by atoms with E-state index < -0.39 is 11.9 Å². The van der Waals surface area contributed by atoms with E-state index in [2.05, 4.69) is 21.2 Å². The number of rotatable bonds is 5. The standard InChI is InChI=1S/C23H17BrN2O4/c1-14-3-4-15(23(28)29-2)12-20(14)21-10-9-19(30-21)11-16(13-25)22(27)26-18-7-5-17(24)6-8-18/h3-12H,1-2H3,(H,26,27)/b16-11-. The lowest BCUT2D eigenvalue weighted by Crippen LogP contribution is -2.13. The Morgan fingerprint density at radius 1 is 1.13 bits per heavy atom. The second kappa shape index (κ2) is 9.25. The van der Waals surface area contributed by atoms with Gasteiger partial charge in [-0.1, -0.05) is 22.0 Å². The third kappa shape index (κ3) is 4.85. The molecule has 1 heterocycles. The summed E-state index contributed by atoms with van der Waals surface area (Å²) >= 11 is 3.33. The molecular weight excluding hydrogens is 448 g/mol. The van der Waals surface area contributed by atoms with Crippen LogP contribution in [0.15, 0.2) is 69.1 Å². The molecule has 1 N–H and O–H groups in total. The molecule has 150 valence electrons. The molecule has 0 aliphatic heterocycles. The van der Waals surface area contributed by atoms with E-state index in [1.165, 1.54) is 13.2 Å². The van der Waals surface area contributed by atoms with Crippen LogP contribution in [0.5, 0.6) is 0 Å². The molecule has 0 atom stereocenters. The van der Waals surface area contributed by atoms with Gasteiger partial charge < -0.3 is 14.5 Å². The molecule has 0 radical (unpaired) electrons. The molecule has 0 saturated carbocycles. The van der Waals surface area contributed by atoms with E-state index in [0.717, 1.165) is 15.6 Å². The summed E-state index contributed by atoms with van der Waals surface area (Å²) in [4.78, 5) is 24.2. The highest BCUT2D eigenvalue weighted by Gasteiger charge is 2.14. The molecule has 6 nitrogen and oxygen atoms in total. The first-order chi connectivity index (χ1) is 14.4. The van der Waals surface area contributed by atoms with Gasteiger partial charge in [0, 0.05) is 21.8 Å². The number of ether oxygens (including phenoxy) is 1. The van der Waals surface area contributed by atoms with Crippen LogP contribution in [0.1, 0.15) is 21.7 Å². The maximum atomic E-state index is 12.4. The van der Waals surface area contributed by atoms with Crippen LogP contribution in [0, 0.1) is 18.3 Å². The number of hydrogen-bond donors (Lipinski definition) is 1. The summed E-state index contributed by atoms with van der Waals surface area (Å²) in [6.07, 6.45) is 1.37. The normalized spacial score (nSPS) is 10.9. The number of anilines is 1. The molecule has 3 aromatic rings. The molecule has 30 heavy (non-hydrogen) atoms. The summed E-state index contributed by atoms with van der Waals surface area (Å²) in [5.74, 6) is -0.133. The fourth-order valence-electron chi connectivity index (χ4n) is 2.73. The first-order valence-electron chi connectivity index (χ1n) is 8.89. The Labute approximate surface area is 181 Å². The number of halogens is 1. The SMILES string of the molecule is COC(=O)c1ccc(C)c(-c2ccc(/C=C(/C#N)C(=O)Nc3ccc(Br)cc3)o2)c1. The first-order valence-corrected chi connectivity index (χ1v) is 9.68. The van der Waals surface area contributed by atoms with E-state index >= 15 is 0 Å². The molecule has 1 aromatic heterocycles. The average molecular weight is 465 g/mol. The van der Waals surface area contributed by atoms with Crippen LogP contribution in [0.3, 0.4) is 0 Å². The number of benzene rings is 2. The Hall–Kier alpha value is -3.63. The third-order valence-electron chi connectivity index (χ3n) is 4.30. The smallest absolute Gasteiger partial charge is 0.337 e. The lowest BCUT2D eigenvalue weighted by molar-refractivity contribution is -0.112. The summed E-state index contributed by atoms with van der Waals surface area (Å²) in [6, 6.07) is 17.4. The fourth-order valence-corrected chi connectivity index (χ4v) is 2.99. The summed E-state index contributed by atoms with van der Waals surface area (Å²) in [6.45, 7) is 1.89. The summed E-state index contributed by atoms with van der Waals surface area (Å²) in [5, 5.41) is 12.1. The summed E-state index contributed by atoms with van der Waals surface area (Å²) in [5.41, 5.74) is 2.49. The Balaban J connectivity index is 1.85. The van der Waals surface area contributed by atoms with Crippen LogP contribution < -0.4 is 5.32 Å². The van der Waals surface area contributed by atoms with Crippen molar-refractivity contribution in [3.05, 3.63) is 81.5 Å². The highest BCUT2D eigenvalue weighted by molar-refractivity contribution is 9.10. The Morgan fingerprint density at radius 2 is 1.87 bits per heavy atom. The lowest BCUT2D eigenvalue weighted by Gasteiger charge is -2.06. The monoisotopic (exact) mass is 464 g/mol. The van der Waals surface area contributed by atoms with E-state index in [0.29, 0.717) is 22.8 Å². The van der Waals surface area contributed by atoms with E-state index in [1.54, 1.807) is 54.6 Å². The number of nitriles is 1. The predicted octanol–water partition coefficient (Wildman–Crippen LogP) is 5.35. The van der Waals surface area contributed by atoms with Gasteiger partial charge >= 0.3 is 5.97 Å². The van der Waals surface area contributed by atoms with Crippen LogP contribution in [0.25, 0.3) is 17.4 Å². The summed E-state index contributed by atoms with van der Waals surface area (Å²) < 4.78 is 11.4. The molecule has 3 rings (SSSR count). The maximum Gasteiger partial charge on any atom is 0.337 e. The van der Waals surface area contributed by atoms with Crippen LogP contribution in [0.2, 0.25) is 0 Å². The van der Waals surface area contributed by atoms with Crippen molar-refractivity contribution in [2.24, 2.45) is 0 Å². The van der Waals surface area contributed by atoms with Gasteiger partial charge in [-0.2, -0.15) is 5.26 Å². The molecule has 0 saturated heterocycles. The molecule has 1 amide bonds. The van der Waals surface area contributed by atoms with Crippen molar-refractivity contribution in [2.45, 2.75) is 6.92 Å². The number of hydrogen-bond acceptors (Lipinski definition) is 5. The molecule has 7 heteroatoms. The van der Waals surface area contributed by atoms with Crippen LogP contribution in [0.4, 0.5) is 5.69 Å². The van der Waals surface area contributed by atoms with E-state index in [-0.39, 0.29) is 5.57 Å². The van der Waals surface area contributed by atoms with Crippen molar-refractivity contribution in [1.82, 2.24) is 0 Å². The first kappa shape index (κ1) is 21.1. The number of nitrogens with one attached hydrogen (secondary N) is 1. The molecule has 0 fully saturated rings. The molecule has 2 aromatic carbocycles. The number of carbonyl (C=O) groups is 2. The van der Waals surface area contributed by atoms with Crippen molar-refractivity contribution >= 4 is 39.6 Å². The van der Waals surface area contributed by atoms with Crippen LogP contribution in [-0.4, -0.2) is 19.0 Å². The second-order valence-corrected chi connectivity index (χ2v) is 7.27. The average Bonchev–Trinajstić information content (AvgIpc) is 3.21. The van der Waals surface area contributed by atoms with Gasteiger partial charge in [0.25, 0.3) is 5.91 Å². The minimum atomic E-state index is -0.540. The maximum absolute atomic E-state index is 12.4. The number of esters is 1. The molecular formula is C23H17BrN2O4. The van der Waals surface area contributed by atoms with E-state index in [4.69, 9.17) is 9.15 Å².